The Morgan fingerprint density at radius 2 is 0.611 bits per heavy atom. The number of hydrogen-bond acceptors (Lipinski definition) is 0. The third-order valence-corrected chi connectivity index (χ3v) is 11.5. The number of benzene rings is 11. The molecule has 0 amide bonds. The second-order valence-electron chi connectivity index (χ2n) is 14.3. The van der Waals surface area contributed by atoms with E-state index in [1.807, 2.05) is 0 Å². The Morgan fingerprint density at radius 3 is 1.33 bits per heavy atom. The minimum absolute atomic E-state index is 1.23. The molecule has 0 bridgehead atoms. The van der Waals surface area contributed by atoms with Crippen molar-refractivity contribution in [1.82, 2.24) is 0 Å². The second kappa shape index (κ2) is 12.3. The Kier molecular flexibility index (Phi) is 6.97. The monoisotopic (exact) mass is 682 g/mol. The van der Waals surface area contributed by atoms with E-state index in [2.05, 4.69) is 206 Å². The molecular formula is C54H34. The Balaban J connectivity index is 1.15. The molecule has 0 spiro atoms. The van der Waals surface area contributed by atoms with E-state index in [-0.39, 0.29) is 0 Å². The summed E-state index contributed by atoms with van der Waals surface area (Å²) in [6.07, 6.45) is 0. The molecule has 0 fully saturated rings. The van der Waals surface area contributed by atoms with E-state index in [0.717, 1.165) is 0 Å². The normalized spacial score (nSPS) is 11.7. The van der Waals surface area contributed by atoms with Crippen LogP contribution in [0, 0.1) is 0 Å². The predicted molar refractivity (Wildman–Crippen MR) is 233 cm³/mol. The fourth-order valence-electron chi connectivity index (χ4n) is 9.08. The largest absolute Gasteiger partial charge is 0.0616 e. The van der Waals surface area contributed by atoms with Gasteiger partial charge in [-0.3, -0.25) is 0 Å². The van der Waals surface area contributed by atoms with Gasteiger partial charge in [0.2, 0.25) is 0 Å². The molecule has 11 rings (SSSR count). The van der Waals surface area contributed by atoms with Gasteiger partial charge < -0.3 is 0 Å². The molecule has 0 saturated carbocycles. The zero-order valence-corrected chi connectivity index (χ0v) is 29.6. The summed E-state index contributed by atoms with van der Waals surface area (Å²) in [6, 6.07) is 76.1. The first-order chi connectivity index (χ1) is 26.8. The molecule has 0 aliphatic carbocycles. The first kappa shape index (κ1) is 30.6. The highest BCUT2D eigenvalue weighted by Gasteiger charge is 2.20. The van der Waals surface area contributed by atoms with Crippen molar-refractivity contribution in [2.24, 2.45) is 0 Å². The van der Waals surface area contributed by atoms with Crippen LogP contribution in [0.15, 0.2) is 206 Å². The van der Waals surface area contributed by atoms with E-state index >= 15 is 0 Å². The van der Waals surface area contributed by atoms with Crippen molar-refractivity contribution in [1.29, 1.82) is 0 Å². The first-order valence-electron chi connectivity index (χ1n) is 18.8. The van der Waals surface area contributed by atoms with Crippen molar-refractivity contribution in [2.75, 3.05) is 0 Å². The Hall–Kier alpha value is -7.02. The summed E-state index contributed by atoms with van der Waals surface area (Å²) in [7, 11) is 0. The van der Waals surface area contributed by atoms with Crippen LogP contribution in [0.1, 0.15) is 0 Å². The average Bonchev–Trinajstić information content (AvgIpc) is 3.25. The summed E-state index contributed by atoms with van der Waals surface area (Å²) in [5.74, 6) is 0. The summed E-state index contributed by atoms with van der Waals surface area (Å²) in [5.41, 5.74) is 10.0. The zero-order chi connectivity index (χ0) is 35.6. The van der Waals surface area contributed by atoms with Gasteiger partial charge in [0, 0.05) is 0 Å². The highest BCUT2D eigenvalue weighted by atomic mass is 14.2. The SMILES string of the molecule is c1cc(-c2cccc3ccccc23)cc(-c2c3ccccc3c(-c3ccc(-c4cccc5c4ccc4ccccc45)c4ccccc34)c3ccccc23)c1. The summed E-state index contributed by atoms with van der Waals surface area (Å²) in [5, 5.41) is 15.2. The van der Waals surface area contributed by atoms with Crippen molar-refractivity contribution >= 4 is 64.6 Å². The number of rotatable bonds is 4. The highest BCUT2D eigenvalue weighted by Crippen LogP contribution is 2.47. The fraction of sp³-hybridized carbons (Fsp3) is 0. The van der Waals surface area contributed by atoms with Crippen LogP contribution in [0.25, 0.3) is 109 Å². The van der Waals surface area contributed by atoms with Crippen LogP contribution in [0.3, 0.4) is 0 Å². The Morgan fingerprint density at radius 1 is 0.185 bits per heavy atom. The van der Waals surface area contributed by atoms with Crippen molar-refractivity contribution in [3.63, 3.8) is 0 Å². The number of fused-ring (bicyclic) bond motifs is 7. The minimum atomic E-state index is 1.23. The lowest BCUT2D eigenvalue weighted by Crippen LogP contribution is -1.93. The molecule has 0 saturated heterocycles. The van der Waals surface area contributed by atoms with Crippen LogP contribution in [0.2, 0.25) is 0 Å². The predicted octanol–water partition coefficient (Wildman–Crippen LogP) is 15.3. The standard InChI is InChI=1S/C54H34/c1-3-19-39-35(14-1)16-12-27-41(39)37-17-11-18-38(34-37)53-48-23-7-9-25-50(48)54(51-26-10-8-24-49(51)53)52-33-32-47(43-21-5-6-22-45(43)52)44-29-13-28-42-40-20-4-2-15-36(40)30-31-46(42)44/h1-34H. The van der Waals surface area contributed by atoms with Crippen LogP contribution in [-0.2, 0) is 0 Å². The highest BCUT2D eigenvalue weighted by molar-refractivity contribution is 6.25. The van der Waals surface area contributed by atoms with E-state index in [1.165, 1.54) is 109 Å². The molecule has 0 unspecified atom stereocenters. The van der Waals surface area contributed by atoms with Gasteiger partial charge in [0.15, 0.2) is 0 Å². The quantitative estimate of drug-likeness (QED) is 0.128. The third-order valence-electron chi connectivity index (χ3n) is 11.5. The van der Waals surface area contributed by atoms with Gasteiger partial charge >= 0.3 is 0 Å². The third kappa shape index (κ3) is 4.71. The molecule has 0 aromatic heterocycles. The zero-order valence-electron chi connectivity index (χ0n) is 29.6. The van der Waals surface area contributed by atoms with Gasteiger partial charge in [0.25, 0.3) is 0 Å². The van der Waals surface area contributed by atoms with Crippen LogP contribution in [0.5, 0.6) is 0 Å². The van der Waals surface area contributed by atoms with Gasteiger partial charge in [-0.15, -0.1) is 0 Å². The molecule has 0 heterocycles. The molecule has 0 radical (unpaired) electrons. The summed E-state index contributed by atoms with van der Waals surface area (Å²) < 4.78 is 0. The smallest absolute Gasteiger partial charge is 0.00201 e. The van der Waals surface area contributed by atoms with Gasteiger partial charge in [-0.2, -0.15) is 0 Å². The van der Waals surface area contributed by atoms with Crippen LogP contribution < -0.4 is 0 Å². The fourth-order valence-corrected chi connectivity index (χ4v) is 9.08. The lowest BCUT2D eigenvalue weighted by molar-refractivity contribution is 1.63. The summed E-state index contributed by atoms with van der Waals surface area (Å²) >= 11 is 0. The maximum absolute atomic E-state index is 2.38. The molecule has 0 heteroatoms. The van der Waals surface area contributed by atoms with Crippen molar-refractivity contribution < 1.29 is 0 Å². The molecular weight excluding hydrogens is 649 g/mol. The Bertz CT molecular complexity index is 3210. The van der Waals surface area contributed by atoms with Crippen LogP contribution in [0.4, 0.5) is 0 Å². The van der Waals surface area contributed by atoms with Crippen LogP contribution >= 0.6 is 0 Å². The van der Waals surface area contributed by atoms with Crippen molar-refractivity contribution in [3.8, 4) is 44.5 Å². The molecule has 0 aliphatic heterocycles. The maximum atomic E-state index is 2.38. The van der Waals surface area contributed by atoms with E-state index in [1.54, 1.807) is 0 Å². The molecule has 0 aliphatic rings. The Labute approximate surface area is 314 Å². The van der Waals surface area contributed by atoms with Gasteiger partial charge in [-0.1, -0.05) is 200 Å². The first-order valence-corrected chi connectivity index (χ1v) is 18.8. The summed E-state index contributed by atoms with van der Waals surface area (Å²) in [6.45, 7) is 0. The van der Waals surface area contributed by atoms with Gasteiger partial charge in [-0.05, 0) is 115 Å². The molecule has 11 aromatic carbocycles. The van der Waals surface area contributed by atoms with Gasteiger partial charge in [-0.25, -0.2) is 0 Å². The molecule has 54 heavy (non-hydrogen) atoms. The lowest BCUT2D eigenvalue weighted by atomic mass is 9.83. The van der Waals surface area contributed by atoms with E-state index in [9.17, 15) is 0 Å². The maximum Gasteiger partial charge on any atom is -0.00201 e. The van der Waals surface area contributed by atoms with E-state index in [0.29, 0.717) is 0 Å². The topological polar surface area (TPSA) is 0 Å². The summed E-state index contributed by atoms with van der Waals surface area (Å²) in [4.78, 5) is 0. The van der Waals surface area contributed by atoms with Gasteiger partial charge in [0.1, 0.15) is 0 Å². The van der Waals surface area contributed by atoms with Gasteiger partial charge in [0.05, 0.1) is 0 Å². The molecule has 250 valence electrons. The minimum Gasteiger partial charge on any atom is -0.0616 e. The lowest BCUT2D eigenvalue weighted by Gasteiger charge is -2.20. The van der Waals surface area contributed by atoms with Crippen LogP contribution in [-0.4, -0.2) is 0 Å². The number of hydrogen-bond donors (Lipinski definition) is 0. The molecule has 0 atom stereocenters. The molecule has 11 aromatic rings. The van der Waals surface area contributed by atoms with E-state index in [4.69, 9.17) is 0 Å². The molecule has 0 nitrogen and oxygen atoms in total. The second-order valence-corrected chi connectivity index (χ2v) is 14.3. The van der Waals surface area contributed by atoms with Crippen molar-refractivity contribution in [3.05, 3.63) is 206 Å². The molecule has 0 N–H and O–H groups in total. The van der Waals surface area contributed by atoms with E-state index < -0.39 is 0 Å². The van der Waals surface area contributed by atoms with Crippen molar-refractivity contribution in [2.45, 2.75) is 0 Å². The average molecular weight is 683 g/mol.